The lowest BCUT2D eigenvalue weighted by molar-refractivity contribution is 0.593. The average Bonchev–Trinajstić information content (AvgIpc) is 2.67. The first-order chi connectivity index (χ1) is 7.29. The van der Waals surface area contributed by atoms with Gasteiger partial charge in [-0.05, 0) is 54.8 Å². The molecule has 82 valence electrons. The van der Waals surface area contributed by atoms with Crippen LogP contribution in [0.25, 0.3) is 5.57 Å². The molecule has 1 N–H and O–H groups in total. The van der Waals surface area contributed by atoms with Crippen molar-refractivity contribution < 1.29 is 0 Å². The predicted molar refractivity (Wildman–Crippen MR) is 68.1 cm³/mol. The standard InChI is InChI=1S/C13H19NS/c1-10-4-3-5-12(6-10)13-7-11(8-14-2)9-15-13/h6-7,9-10,14H,3-5,8H2,1-2H3. The van der Waals surface area contributed by atoms with Gasteiger partial charge in [0, 0.05) is 11.4 Å². The Labute approximate surface area is 96.2 Å². The highest BCUT2D eigenvalue weighted by Gasteiger charge is 2.12. The molecule has 2 rings (SSSR count). The first-order valence-electron chi connectivity index (χ1n) is 5.72. The zero-order chi connectivity index (χ0) is 10.7. The summed E-state index contributed by atoms with van der Waals surface area (Å²) in [5.41, 5.74) is 2.98. The summed E-state index contributed by atoms with van der Waals surface area (Å²) in [6.07, 6.45) is 6.44. The predicted octanol–water partition coefficient (Wildman–Crippen LogP) is 3.67. The number of nitrogens with one attached hydrogen (secondary N) is 1. The maximum absolute atomic E-state index is 3.20. The molecule has 1 nitrogen and oxygen atoms in total. The van der Waals surface area contributed by atoms with Crippen molar-refractivity contribution in [3.05, 3.63) is 28.0 Å². The van der Waals surface area contributed by atoms with E-state index in [4.69, 9.17) is 0 Å². The Morgan fingerprint density at radius 3 is 3.13 bits per heavy atom. The third kappa shape index (κ3) is 2.70. The average molecular weight is 221 g/mol. The van der Waals surface area contributed by atoms with Crippen molar-refractivity contribution in [2.45, 2.75) is 32.7 Å². The van der Waals surface area contributed by atoms with Gasteiger partial charge in [-0.15, -0.1) is 11.3 Å². The first-order valence-corrected chi connectivity index (χ1v) is 6.60. The molecule has 1 atom stereocenters. The third-order valence-corrected chi connectivity index (χ3v) is 4.00. The third-order valence-electron chi connectivity index (χ3n) is 2.94. The second kappa shape index (κ2) is 4.95. The molecule has 0 radical (unpaired) electrons. The quantitative estimate of drug-likeness (QED) is 0.821. The zero-order valence-corrected chi connectivity index (χ0v) is 10.4. The molecule has 0 bridgehead atoms. The summed E-state index contributed by atoms with van der Waals surface area (Å²) in [5, 5.41) is 5.47. The maximum Gasteiger partial charge on any atom is 0.0302 e. The van der Waals surface area contributed by atoms with Crippen LogP contribution in [0.1, 0.15) is 36.6 Å². The van der Waals surface area contributed by atoms with Gasteiger partial charge in [0.15, 0.2) is 0 Å². The van der Waals surface area contributed by atoms with Crippen LogP contribution in [0.15, 0.2) is 17.5 Å². The van der Waals surface area contributed by atoms with Crippen molar-refractivity contribution in [2.24, 2.45) is 5.92 Å². The number of hydrogen-bond donors (Lipinski definition) is 1. The minimum Gasteiger partial charge on any atom is -0.316 e. The van der Waals surface area contributed by atoms with Crippen LogP contribution in [-0.4, -0.2) is 7.05 Å². The Bertz CT molecular complexity index is 351. The molecule has 1 heterocycles. The van der Waals surface area contributed by atoms with Crippen LogP contribution < -0.4 is 5.32 Å². The minimum atomic E-state index is 0.767. The van der Waals surface area contributed by atoms with E-state index in [0.717, 1.165) is 12.5 Å². The molecule has 1 aromatic heterocycles. The molecular weight excluding hydrogens is 202 g/mol. The van der Waals surface area contributed by atoms with Gasteiger partial charge in [-0.3, -0.25) is 0 Å². The van der Waals surface area contributed by atoms with E-state index < -0.39 is 0 Å². The molecule has 2 heteroatoms. The number of hydrogen-bond acceptors (Lipinski definition) is 2. The summed E-state index contributed by atoms with van der Waals surface area (Å²) in [5.74, 6) is 0.767. The summed E-state index contributed by atoms with van der Waals surface area (Å²) in [6, 6.07) is 2.34. The highest BCUT2D eigenvalue weighted by Crippen LogP contribution is 2.33. The van der Waals surface area contributed by atoms with Crippen LogP contribution >= 0.6 is 11.3 Å². The summed E-state index contributed by atoms with van der Waals surface area (Å²) in [6.45, 7) is 3.31. The lowest BCUT2D eigenvalue weighted by Gasteiger charge is -2.16. The van der Waals surface area contributed by atoms with E-state index in [-0.39, 0.29) is 0 Å². The van der Waals surface area contributed by atoms with Crippen molar-refractivity contribution in [1.82, 2.24) is 5.32 Å². The van der Waals surface area contributed by atoms with Gasteiger partial charge in [0.25, 0.3) is 0 Å². The monoisotopic (exact) mass is 221 g/mol. The van der Waals surface area contributed by atoms with Crippen molar-refractivity contribution in [1.29, 1.82) is 0 Å². The van der Waals surface area contributed by atoms with Gasteiger partial charge in [-0.2, -0.15) is 0 Å². The van der Waals surface area contributed by atoms with Crippen LogP contribution in [0.4, 0.5) is 0 Å². The lowest BCUT2D eigenvalue weighted by Crippen LogP contribution is -2.03. The molecule has 0 aromatic carbocycles. The van der Waals surface area contributed by atoms with Gasteiger partial charge in [-0.25, -0.2) is 0 Å². The molecular formula is C13H19NS. The molecule has 1 aromatic rings. The fraction of sp³-hybridized carbons (Fsp3) is 0.538. The molecule has 0 fully saturated rings. The Hall–Kier alpha value is -0.600. The van der Waals surface area contributed by atoms with Crippen molar-refractivity contribution in [3.63, 3.8) is 0 Å². The Morgan fingerprint density at radius 2 is 2.40 bits per heavy atom. The van der Waals surface area contributed by atoms with Crippen LogP contribution in [0.5, 0.6) is 0 Å². The van der Waals surface area contributed by atoms with Gasteiger partial charge < -0.3 is 5.32 Å². The Balaban J connectivity index is 2.14. The second-order valence-corrected chi connectivity index (χ2v) is 5.32. The fourth-order valence-corrected chi connectivity index (χ4v) is 3.14. The van der Waals surface area contributed by atoms with E-state index in [2.05, 4.69) is 29.8 Å². The first kappa shape index (κ1) is 10.9. The Kier molecular flexibility index (Phi) is 3.60. The highest BCUT2D eigenvalue weighted by molar-refractivity contribution is 7.11. The molecule has 0 aliphatic heterocycles. The van der Waals surface area contributed by atoms with E-state index in [1.807, 2.05) is 18.4 Å². The summed E-state index contributed by atoms with van der Waals surface area (Å²) < 4.78 is 0. The van der Waals surface area contributed by atoms with Crippen molar-refractivity contribution in [3.8, 4) is 0 Å². The molecule has 0 spiro atoms. The molecule has 0 saturated heterocycles. The summed E-state index contributed by atoms with van der Waals surface area (Å²) in [7, 11) is 2.00. The number of thiophene rings is 1. The van der Waals surface area contributed by atoms with E-state index in [1.54, 1.807) is 5.57 Å². The van der Waals surface area contributed by atoms with Crippen molar-refractivity contribution >= 4 is 16.9 Å². The number of rotatable bonds is 3. The van der Waals surface area contributed by atoms with Crippen LogP contribution in [0.2, 0.25) is 0 Å². The summed E-state index contributed by atoms with van der Waals surface area (Å²) in [4.78, 5) is 1.48. The molecule has 0 saturated carbocycles. The minimum absolute atomic E-state index is 0.767. The molecule has 1 aliphatic carbocycles. The van der Waals surface area contributed by atoms with E-state index in [1.165, 1.54) is 29.7 Å². The van der Waals surface area contributed by atoms with Crippen molar-refractivity contribution in [2.75, 3.05) is 7.05 Å². The molecule has 1 aliphatic rings. The Morgan fingerprint density at radius 1 is 1.53 bits per heavy atom. The smallest absolute Gasteiger partial charge is 0.0302 e. The second-order valence-electron chi connectivity index (χ2n) is 4.41. The fourth-order valence-electron chi connectivity index (χ4n) is 2.17. The van der Waals surface area contributed by atoms with Gasteiger partial charge >= 0.3 is 0 Å². The van der Waals surface area contributed by atoms with Gasteiger partial charge in [0.2, 0.25) is 0 Å². The van der Waals surface area contributed by atoms with Gasteiger partial charge in [-0.1, -0.05) is 13.0 Å². The van der Waals surface area contributed by atoms with E-state index in [9.17, 15) is 0 Å². The van der Waals surface area contributed by atoms with E-state index >= 15 is 0 Å². The number of allylic oxidation sites excluding steroid dienone is 2. The van der Waals surface area contributed by atoms with Crippen LogP contribution in [0.3, 0.4) is 0 Å². The zero-order valence-electron chi connectivity index (χ0n) is 9.55. The highest BCUT2D eigenvalue weighted by atomic mass is 32.1. The lowest BCUT2D eigenvalue weighted by atomic mass is 9.91. The maximum atomic E-state index is 3.20. The topological polar surface area (TPSA) is 12.0 Å². The summed E-state index contributed by atoms with van der Waals surface area (Å²) >= 11 is 1.89. The van der Waals surface area contributed by atoms with Gasteiger partial charge in [0.05, 0.1) is 0 Å². The van der Waals surface area contributed by atoms with Crippen LogP contribution in [-0.2, 0) is 6.54 Å². The molecule has 15 heavy (non-hydrogen) atoms. The SMILES string of the molecule is CNCc1csc(C2=CC(C)CCC2)c1. The molecule has 0 amide bonds. The molecule has 1 unspecified atom stereocenters. The van der Waals surface area contributed by atoms with E-state index in [0.29, 0.717) is 0 Å². The van der Waals surface area contributed by atoms with Gasteiger partial charge in [0.1, 0.15) is 0 Å². The largest absolute Gasteiger partial charge is 0.316 e. The van der Waals surface area contributed by atoms with Crippen LogP contribution in [0, 0.1) is 5.92 Å². The normalized spacial score (nSPS) is 21.5.